The molecule has 0 spiro atoms. The standard InChI is InChI=1S/C52H51N13O11S6/c1-22(2)37-52-65-40(33(82-52)17-76-5)45(74)55-16-35(68)62-41(42(71)24-9-7-6-8-10-24)51-61-32(21-80-51)49-58-29(18-78-49)39-26(11-12-27(56-39)48-60-30(19-79-48)43(72)54-15-25(66)13-36(69)70)47-59-31(20-77-47)44(73)57-28(14-34(67)53-4)50-64-38(23(3)81-50)46(75)63-37/h6-12,18-22,25,28,37,41-42,66,71H,13-17H2,1-5H3,(H,53,67)(H,54,72)(H,55,74)(H,57,73)(H,62,68)(H,63,75)(H,69,70)/t25?,28-,37-,41?,42?/m0/s1. The molecule has 0 saturated heterocycles. The van der Waals surface area contributed by atoms with Crippen LogP contribution in [0.15, 0.2) is 64.0 Å². The summed E-state index contributed by atoms with van der Waals surface area (Å²) in [6.07, 6.45) is -3.41. The van der Waals surface area contributed by atoms with Crippen molar-refractivity contribution in [2.24, 2.45) is 5.92 Å². The van der Waals surface area contributed by atoms with Crippen LogP contribution in [-0.2, 0) is 25.7 Å². The Morgan fingerprint density at radius 1 is 0.707 bits per heavy atom. The lowest BCUT2D eigenvalue weighted by Gasteiger charge is -2.23. The van der Waals surface area contributed by atoms with Crippen LogP contribution in [0.25, 0.3) is 43.4 Å². The molecule has 426 valence electrons. The summed E-state index contributed by atoms with van der Waals surface area (Å²) in [5, 5.41) is 56.0. The highest BCUT2D eigenvalue weighted by atomic mass is 32.1. The van der Waals surface area contributed by atoms with Gasteiger partial charge < -0.3 is 52.0 Å². The molecule has 24 nitrogen and oxygen atoms in total. The Morgan fingerprint density at radius 3 is 2.16 bits per heavy atom. The number of hydrogen-bond donors (Lipinski definition) is 9. The summed E-state index contributed by atoms with van der Waals surface area (Å²) in [6, 6.07) is 9.23. The Labute approximate surface area is 491 Å². The van der Waals surface area contributed by atoms with E-state index in [1.54, 1.807) is 65.5 Å². The maximum atomic E-state index is 14.3. The molecular weight excluding hydrogens is 1180 g/mol. The summed E-state index contributed by atoms with van der Waals surface area (Å²) in [4.78, 5) is 128. The number of aryl methyl sites for hydroxylation is 1. The summed E-state index contributed by atoms with van der Waals surface area (Å²) in [7, 11) is 2.92. The Balaban J connectivity index is 1.12. The van der Waals surface area contributed by atoms with E-state index in [9.17, 15) is 43.8 Å². The Morgan fingerprint density at radius 2 is 1.41 bits per heavy atom. The topological polar surface area (TPSA) is 352 Å². The van der Waals surface area contributed by atoms with E-state index in [0.29, 0.717) is 68.7 Å². The van der Waals surface area contributed by atoms with E-state index in [0.717, 1.165) is 56.7 Å². The minimum absolute atomic E-state index is 0.000765. The molecule has 6 amide bonds. The van der Waals surface area contributed by atoms with Gasteiger partial charge >= 0.3 is 5.97 Å². The summed E-state index contributed by atoms with van der Waals surface area (Å²) in [6.45, 7) is 4.58. The lowest BCUT2D eigenvalue weighted by Crippen LogP contribution is -2.40. The minimum Gasteiger partial charge on any atom is -0.481 e. The molecule has 1 aromatic carbocycles. The normalized spacial score (nSPS) is 16.8. The average molecular weight is 1230 g/mol. The van der Waals surface area contributed by atoms with Gasteiger partial charge in [0.2, 0.25) is 11.8 Å². The number of aliphatic hydroxyl groups excluding tert-OH is 2. The third-order valence-electron chi connectivity index (χ3n) is 12.4. The number of aromatic nitrogens is 7. The van der Waals surface area contributed by atoms with Gasteiger partial charge in [-0.3, -0.25) is 33.6 Å². The maximum Gasteiger partial charge on any atom is 0.306 e. The number of amides is 6. The number of nitrogens with one attached hydrogen (secondary N) is 6. The number of carboxylic acid groups (broad SMARTS) is 1. The molecule has 3 unspecified atom stereocenters. The molecule has 5 atom stereocenters. The van der Waals surface area contributed by atoms with E-state index < -0.39 is 84.7 Å². The number of hydrogen-bond acceptors (Lipinski definition) is 23. The van der Waals surface area contributed by atoms with Gasteiger partial charge in [-0.2, -0.15) is 0 Å². The van der Waals surface area contributed by atoms with Crippen LogP contribution in [0.1, 0.15) is 123 Å². The zero-order valence-electron chi connectivity index (χ0n) is 44.0. The molecule has 82 heavy (non-hydrogen) atoms. The molecule has 30 heteroatoms. The fourth-order valence-electron chi connectivity index (χ4n) is 8.26. The van der Waals surface area contributed by atoms with E-state index in [4.69, 9.17) is 29.8 Å². The number of nitrogens with zero attached hydrogens (tertiary/aromatic N) is 7. The number of rotatable bonds is 13. The third kappa shape index (κ3) is 13.6. The third-order valence-corrected chi connectivity index (χ3v) is 18.1. The quantitative estimate of drug-likeness (QED) is 0.0651. The van der Waals surface area contributed by atoms with Gasteiger partial charge in [-0.25, -0.2) is 34.9 Å². The number of carboxylic acids is 1. The van der Waals surface area contributed by atoms with Crippen LogP contribution in [0.5, 0.6) is 0 Å². The first-order valence-electron chi connectivity index (χ1n) is 25.0. The molecule has 0 fully saturated rings. The zero-order valence-corrected chi connectivity index (χ0v) is 48.9. The van der Waals surface area contributed by atoms with E-state index in [2.05, 4.69) is 46.9 Å². The zero-order chi connectivity index (χ0) is 58.4. The highest BCUT2D eigenvalue weighted by Gasteiger charge is 2.33. The highest BCUT2D eigenvalue weighted by molar-refractivity contribution is 7.15. The van der Waals surface area contributed by atoms with Gasteiger partial charge in [0.25, 0.3) is 23.6 Å². The lowest BCUT2D eigenvalue weighted by molar-refractivity contribution is -0.139. The number of benzene rings is 1. The molecule has 8 heterocycles. The number of carbonyl (C=O) groups excluding carboxylic acids is 6. The van der Waals surface area contributed by atoms with Crippen LogP contribution in [0.2, 0.25) is 0 Å². The SMILES string of the molecule is CNC(=O)C[C@@H]1NC(=O)c2csc(n2)-c2ccc(-c3nc(C(=O)NCC(O)CC(=O)O)cs3)nc2-c2csc(n2)-c2csc(n2)C(C(O)c2ccccc2)NC(=O)CNC(=O)c2nc(sc2COC)[C@H](C(C)C)NC(=O)c2nc1sc2C. The number of pyridine rings is 1. The van der Waals surface area contributed by atoms with Gasteiger partial charge in [0.1, 0.15) is 82.0 Å². The van der Waals surface area contributed by atoms with E-state index in [1.165, 1.54) is 30.9 Å². The van der Waals surface area contributed by atoms with Crippen molar-refractivity contribution in [3.05, 3.63) is 117 Å². The predicted octanol–water partition coefficient (Wildman–Crippen LogP) is 5.88. The van der Waals surface area contributed by atoms with Crippen LogP contribution in [0, 0.1) is 12.8 Å². The smallest absolute Gasteiger partial charge is 0.306 e. The second kappa shape index (κ2) is 26.1. The second-order valence-electron chi connectivity index (χ2n) is 18.6. The largest absolute Gasteiger partial charge is 0.481 e. The molecule has 7 aromatic heterocycles. The van der Waals surface area contributed by atoms with Gasteiger partial charge in [0.15, 0.2) is 0 Å². The van der Waals surface area contributed by atoms with E-state index >= 15 is 0 Å². The molecule has 0 aliphatic carbocycles. The molecule has 0 radical (unpaired) electrons. The number of aliphatic hydroxyl groups is 2. The van der Waals surface area contributed by atoms with Gasteiger partial charge in [0.05, 0.1) is 54.8 Å². The molecule has 0 saturated carbocycles. The molecule has 9 rings (SSSR count). The Kier molecular flexibility index (Phi) is 18.7. The van der Waals surface area contributed by atoms with Crippen molar-refractivity contribution in [1.82, 2.24) is 66.8 Å². The van der Waals surface area contributed by atoms with E-state index in [1.807, 2.05) is 13.8 Å². The molecular formula is C52H51N13O11S6. The monoisotopic (exact) mass is 1230 g/mol. The maximum absolute atomic E-state index is 14.3. The average Bonchev–Trinajstić information content (AvgIpc) is 4.46. The minimum atomic E-state index is -1.32. The Bertz CT molecular complexity index is 3680. The highest BCUT2D eigenvalue weighted by Crippen LogP contribution is 2.40. The van der Waals surface area contributed by atoms with Gasteiger partial charge in [0, 0.05) is 52.7 Å². The van der Waals surface area contributed by atoms with Gasteiger partial charge in [-0.15, -0.1) is 68.0 Å². The van der Waals surface area contributed by atoms with Gasteiger partial charge in [-0.1, -0.05) is 44.2 Å². The van der Waals surface area contributed by atoms with Crippen LogP contribution < -0.4 is 31.9 Å². The molecule has 1 aliphatic rings. The molecule has 8 aromatic rings. The molecule has 10 bridgehead atoms. The van der Waals surface area contributed by atoms with Crippen molar-refractivity contribution in [2.75, 3.05) is 27.2 Å². The molecule has 9 N–H and O–H groups in total. The van der Waals surface area contributed by atoms with Crippen LogP contribution in [0.4, 0.5) is 0 Å². The van der Waals surface area contributed by atoms with Crippen molar-refractivity contribution < 1.29 is 53.6 Å². The summed E-state index contributed by atoms with van der Waals surface area (Å²) in [5.74, 6) is -5.10. The number of aliphatic carboxylic acids is 1. The number of methoxy groups -OCH3 is 1. The summed E-state index contributed by atoms with van der Waals surface area (Å²) in [5.41, 5.74) is 2.34. The first-order valence-corrected chi connectivity index (χ1v) is 30.1. The number of ether oxygens (including phenoxy) is 1. The summed E-state index contributed by atoms with van der Waals surface area (Å²) >= 11 is 6.92. The number of thiazole rings is 6. The predicted molar refractivity (Wildman–Crippen MR) is 307 cm³/mol. The van der Waals surface area contributed by atoms with Crippen molar-refractivity contribution in [3.63, 3.8) is 0 Å². The lowest BCUT2D eigenvalue weighted by atomic mass is 10.0. The Hall–Kier alpha value is -7.68. The van der Waals surface area contributed by atoms with Crippen molar-refractivity contribution in [2.45, 2.75) is 70.6 Å². The van der Waals surface area contributed by atoms with Crippen LogP contribution in [-0.4, -0.2) is 125 Å². The fraction of sp³-hybridized carbons (Fsp3) is 0.308. The first kappa shape index (κ1) is 59.0. The van der Waals surface area contributed by atoms with Crippen molar-refractivity contribution in [3.8, 4) is 43.4 Å². The fourth-order valence-corrected chi connectivity index (χ4v) is 13.8. The van der Waals surface area contributed by atoms with Gasteiger partial charge in [-0.05, 0) is 30.5 Å². The number of carbonyl (C=O) groups is 7. The van der Waals surface area contributed by atoms with Crippen LogP contribution in [0.3, 0.4) is 0 Å². The van der Waals surface area contributed by atoms with Crippen molar-refractivity contribution >= 4 is 109 Å². The van der Waals surface area contributed by atoms with Crippen LogP contribution >= 0.6 is 68.0 Å². The number of fused-ring (bicyclic) bond motifs is 14. The second-order valence-corrected chi connectivity index (χ2v) is 24.4. The summed E-state index contributed by atoms with van der Waals surface area (Å²) < 4.78 is 5.44. The van der Waals surface area contributed by atoms with Crippen molar-refractivity contribution in [1.29, 1.82) is 0 Å². The first-order chi connectivity index (χ1) is 39.4. The van der Waals surface area contributed by atoms with E-state index in [-0.39, 0.29) is 53.3 Å². The molecule has 1 aliphatic heterocycles.